The Labute approximate surface area is 503 Å². The Balaban J connectivity index is 1.26. The van der Waals surface area contributed by atoms with Crippen LogP contribution in [0.1, 0.15) is 167 Å². The largest absolute Gasteiger partial charge is 0.445 e. The van der Waals surface area contributed by atoms with Crippen molar-refractivity contribution in [2.24, 2.45) is 59.2 Å². The lowest BCUT2D eigenvalue weighted by atomic mass is 9.69. The number of aliphatic hydroxyl groups excluding tert-OH is 1. The summed E-state index contributed by atoms with van der Waals surface area (Å²) >= 11 is 0. The summed E-state index contributed by atoms with van der Waals surface area (Å²) in [5, 5.41) is 19.4. The monoisotopic (exact) mass is 1180 g/mol. The van der Waals surface area contributed by atoms with Crippen molar-refractivity contribution in [3.63, 3.8) is 0 Å². The number of allylic oxidation sites excluding steroid dienone is 3. The second kappa shape index (κ2) is 33.5. The first-order valence-electron chi connectivity index (χ1n) is 30.8. The van der Waals surface area contributed by atoms with Crippen molar-refractivity contribution in [1.82, 2.24) is 15.5 Å². The van der Waals surface area contributed by atoms with E-state index in [9.17, 15) is 48.3 Å². The van der Waals surface area contributed by atoms with Gasteiger partial charge in [-0.3, -0.25) is 38.9 Å². The summed E-state index contributed by atoms with van der Waals surface area (Å²) in [5.41, 5.74) is 1.19. The van der Waals surface area contributed by atoms with Crippen LogP contribution < -0.4 is 16.0 Å². The molecule has 3 aliphatic carbocycles. The highest BCUT2D eigenvalue weighted by Gasteiger charge is 2.46. The lowest BCUT2D eigenvalue weighted by Gasteiger charge is -2.38. The van der Waals surface area contributed by atoms with E-state index >= 15 is 0 Å². The van der Waals surface area contributed by atoms with E-state index in [1.54, 1.807) is 46.3 Å². The molecule has 4 amide bonds. The molecule has 13 atom stereocenters. The number of Topliss-reactive ketones (excluding diaryl/α,β-unsaturated/α-hetero) is 3. The van der Waals surface area contributed by atoms with Gasteiger partial charge in [-0.15, -0.1) is 0 Å². The fraction of sp³-hybridized carbons (Fsp3) is 0.627. The Kier molecular flexibility index (Phi) is 27.4. The van der Waals surface area contributed by atoms with Crippen molar-refractivity contribution in [1.29, 1.82) is 0 Å². The van der Waals surface area contributed by atoms with Crippen LogP contribution in [-0.2, 0) is 54.3 Å². The van der Waals surface area contributed by atoms with Crippen molar-refractivity contribution in [3.8, 4) is 0 Å². The number of anilines is 1. The molecule has 4 N–H and O–H groups in total. The number of ether oxygens (including phenoxy) is 4. The number of methoxy groups -OCH3 is 2. The van der Waals surface area contributed by atoms with E-state index in [2.05, 4.69) is 16.0 Å². The molecular formula is C67H96N4O14. The third kappa shape index (κ3) is 19.1. The highest BCUT2D eigenvalue weighted by Crippen LogP contribution is 2.42. The Morgan fingerprint density at radius 3 is 2.12 bits per heavy atom. The van der Waals surface area contributed by atoms with Crippen molar-refractivity contribution in [3.05, 3.63) is 89.5 Å². The van der Waals surface area contributed by atoms with Crippen LogP contribution in [-0.4, -0.2) is 121 Å². The zero-order valence-electron chi connectivity index (χ0n) is 52.3. The Bertz CT molecular complexity index is 2650. The SMILES string of the molecule is CCC(C)C(C(CC(=O)C1CCCC1C(OC)C(C)C(=O)N[C@H](C)[C@@H](O)c1ccccc1)OC)C(C)C(=O)C(CC(=O)[C@H](C(C)C)N(C)C(=O)OCc1ccc(NC(=O)OC2/C=C/CCCCC2)c(C(=O)NCCC2C(=O)C=CC2=O)c1)C(C)C. The molecule has 0 aromatic heterocycles. The number of rotatable bonds is 31. The number of likely N-dealkylation sites (N-methyl/N-ethyl adjacent to an activating group) is 1. The average molecular weight is 1180 g/mol. The highest BCUT2D eigenvalue weighted by atomic mass is 16.6. The van der Waals surface area contributed by atoms with Crippen LogP contribution in [0.15, 0.2) is 72.8 Å². The van der Waals surface area contributed by atoms with Gasteiger partial charge < -0.3 is 39.6 Å². The highest BCUT2D eigenvalue weighted by molar-refractivity contribution is 6.18. The first-order valence-corrected chi connectivity index (χ1v) is 30.8. The quantitative estimate of drug-likeness (QED) is 0.0405. The molecule has 18 heteroatoms. The van der Waals surface area contributed by atoms with Gasteiger partial charge in [0.2, 0.25) is 5.91 Å². The summed E-state index contributed by atoms with van der Waals surface area (Å²) in [6.07, 6.45) is 9.34. The minimum absolute atomic E-state index is 0.0148. The number of carbonyl (C=O) groups is 9. The summed E-state index contributed by atoms with van der Waals surface area (Å²) in [5.74, 6) is -6.73. The average Bonchev–Trinajstić information content (AvgIpc) is 3.70. The first kappa shape index (κ1) is 69.4. The van der Waals surface area contributed by atoms with E-state index in [4.69, 9.17) is 18.9 Å². The predicted octanol–water partition coefficient (Wildman–Crippen LogP) is 10.5. The van der Waals surface area contributed by atoms with E-state index in [1.807, 2.05) is 78.8 Å². The lowest BCUT2D eigenvalue weighted by Crippen LogP contribution is -2.48. The van der Waals surface area contributed by atoms with Crippen LogP contribution in [0.4, 0.5) is 15.3 Å². The number of nitrogens with one attached hydrogen (secondary N) is 3. The maximum Gasteiger partial charge on any atom is 0.412 e. The smallest absolute Gasteiger partial charge is 0.412 e. The van der Waals surface area contributed by atoms with Crippen LogP contribution in [0.5, 0.6) is 0 Å². The summed E-state index contributed by atoms with van der Waals surface area (Å²) in [7, 11) is 4.58. The van der Waals surface area contributed by atoms with E-state index < -0.39 is 96.0 Å². The molecule has 0 bridgehead atoms. The molecule has 18 nitrogen and oxygen atoms in total. The number of amides is 4. The third-order valence-corrected chi connectivity index (χ3v) is 18.0. The van der Waals surface area contributed by atoms with Crippen LogP contribution in [0.2, 0.25) is 0 Å². The molecule has 5 rings (SSSR count). The van der Waals surface area contributed by atoms with E-state index in [-0.39, 0.29) is 96.2 Å². The van der Waals surface area contributed by atoms with Crippen LogP contribution in [0.3, 0.4) is 0 Å². The van der Waals surface area contributed by atoms with Gasteiger partial charge in [-0.25, -0.2) is 9.59 Å². The molecule has 0 radical (unpaired) electrons. The molecule has 1 saturated carbocycles. The molecule has 85 heavy (non-hydrogen) atoms. The minimum Gasteiger partial charge on any atom is -0.445 e. The number of hydrogen-bond donors (Lipinski definition) is 4. The maximum atomic E-state index is 15.0. The molecule has 2 aromatic carbocycles. The Morgan fingerprint density at radius 1 is 0.788 bits per heavy atom. The molecule has 0 heterocycles. The van der Waals surface area contributed by atoms with E-state index in [1.165, 1.54) is 36.2 Å². The molecule has 3 aliphatic rings. The van der Waals surface area contributed by atoms with E-state index in [0.717, 1.165) is 32.1 Å². The number of benzene rings is 2. The Hall–Kier alpha value is -6.37. The van der Waals surface area contributed by atoms with Gasteiger partial charge in [0, 0.05) is 58.4 Å². The predicted molar refractivity (Wildman–Crippen MR) is 324 cm³/mol. The molecule has 10 unspecified atom stereocenters. The molecule has 468 valence electrons. The van der Waals surface area contributed by atoms with Gasteiger partial charge in [-0.1, -0.05) is 117 Å². The third-order valence-electron chi connectivity index (χ3n) is 18.0. The van der Waals surface area contributed by atoms with Gasteiger partial charge in [0.05, 0.1) is 53.5 Å². The van der Waals surface area contributed by atoms with Crippen LogP contribution in [0.25, 0.3) is 0 Å². The standard InChI is InChI=1S/C67H96N4O14/c1-13-41(6)59(58(82-11)37-56(74)48-27-22-28-49(48)63(83-12)43(8)64(78)69-44(9)62(77)46-23-18-17-19-24-46)42(7)61(76)51(39(2)3)36-57(75)60(40(4)5)71(10)67(81)84-38-45-29-30-53(70-66(80)85-47-25-20-15-14-16-21-26-47)52(35-45)65(79)68-34-33-50-54(72)31-32-55(50)73/h17-20,23-25,29-32,35,39-44,47-51,58-60,62-63,77H,13-16,21-22,26-28,33-34,36-38H2,1-12H3,(H,68,79)(H,69,78)(H,70,80)/b25-20+/t41?,42?,43?,44-,47?,48?,49?,51?,58?,59?,60+,62-,63?/m1/s1. The number of nitrogens with zero attached hydrogens (tertiary/aromatic N) is 1. The number of hydrogen-bond acceptors (Lipinski definition) is 14. The van der Waals surface area contributed by atoms with Gasteiger partial charge >= 0.3 is 12.2 Å². The first-order chi connectivity index (χ1) is 40.4. The van der Waals surface area contributed by atoms with Crippen molar-refractivity contribution >= 4 is 58.6 Å². The molecule has 2 aromatic rings. The molecule has 0 saturated heterocycles. The summed E-state index contributed by atoms with van der Waals surface area (Å²) in [4.78, 5) is 124. The van der Waals surface area contributed by atoms with Gasteiger partial charge in [0.15, 0.2) is 17.3 Å². The lowest BCUT2D eigenvalue weighted by molar-refractivity contribution is -0.140. The van der Waals surface area contributed by atoms with E-state index in [0.29, 0.717) is 36.8 Å². The second-order valence-corrected chi connectivity index (χ2v) is 24.6. The summed E-state index contributed by atoms with van der Waals surface area (Å²) in [6.45, 7) is 16.5. The topological polar surface area (TPSA) is 250 Å². The number of carbonyl (C=O) groups excluding carboxylic acids is 9. The number of aliphatic hydroxyl groups is 1. The molecule has 0 spiro atoms. The zero-order chi connectivity index (χ0) is 62.7. The van der Waals surface area contributed by atoms with Crippen molar-refractivity contribution in [2.45, 2.75) is 182 Å². The zero-order valence-corrected chi connectivity index (χ0v) is 52.3. The Morgan fingerprint density at radius 2 is 1.48 bits per heavy atom. The fourth-order valence-corrected chi connectivity index (χ4v) is 12.9. The normalized spacial score (nSPS) is 21.2. The fourth-order valence-electron chi connectivity index (χ4n) is 12.9. The van der Waals surface area contributed by atoms with Gasteiger partial charge in [-0.05, 0) is 123 Å². The molecule has 0 aliphatic heterocycles. The van der Waals surface area contributed by atoms with Crippen LogP contribution in [0, 0.1) is 59.2 Å². The number of ketones is 5. The summed E-state index contributed by atoms with van der Waals surface area (Å²) < 4.78 is 23.7. The van der Waals surface area contributed by atoms with Crippen molar-refractivity contribution < 1.29 is 67.2 Å². The van der Waals surface area contributed by atoms with Crippen LogP contribution >= 0.6 is 0 Å². The van der Waals surface area contributed by atoms with Gasteiger partial charge in [0.25, 0.3) is 5.91 Å². The van der Waals surface area contributed by atoms with Gasteiger partial charge in [-0.2, -0.15) is 0 Å². The molecule has 1 fully saturated rings. The van der Waals surface area contributed by atoms with Crippen molar-refractivity contribution in [2.75, 3.05) is 33.1 Å². The summed E-state index contributed by atoms with van der Waals surface area (Å²) in [6, 6.07) is 12.1. The maximum absolute atomic E-state index is 15.0. The molecular weight excluding hydrogens is 1080 g/mol. The minimum atomic E-state index is -0.986. The second-order valence-electron chi connectivity index (χ2n) is 24.6. The van der Waals surface area contributed by atoms with Gasteiger partial charge in [0.1, 0.15) is 24.3 Å².